The average molecular weight is 468 g/mol. The smallest absolute Gasteiger partial charge is 0.337 e. The predicted molar refractivity (Wildman–Crippen MR) is 134 cm³/mol. The van der Waals surface area contributed by atoms with Gasteiger partial charge in [-0.15, -0.1) is 11.3 Å². The highest BCUT2D eigenvalue weighted by Gasteiger charge is 2.12. The third-order valence-corrected chi connectivity index (χ3v) is 6.33. The first-order valence-corrected chi connectivity index (χ1v) is 11.6. The van der Waals surface area contributed by atoms with Gasteiger partial charge in [-0.25, -0.2) is 19.7 Å². The number of thiazole rings is 1. The van der Waals surface area contributed by atoms with E-state index in [-0.39, 0.29) is 11.6 Å². The van der Waals surface area contributed by atoms with Gasteiger partial charge in [0.1, 0.15) is 11.6 Å². The number of nitrogens with one attached hydrogen (secondary N) is 1. The van der Waals surface area contributed by atoms with E-state index < -0.39 is 5.97 Å². The SMILES string of the molecule is Cc1nc(NC(C)c2cccc(-c3cncc(C(=O)O)c3)c2)cc(-c2ccc3ncsc3c2)n1. The van der Waals surface area contributed by atoms with Crippen LogP contribution in [0.2, 0.25) is 0 Å². The van der Waals surface area contributed by atoms with Gasteiger partial charge in [-0.3, -0.25) is 4.98 Å². The Morgan fingerprint density at radius 1 is 1.00 bits per heavy atom. The van der Waals surface area contributed by atoms with Gasteiger partial charge in [-0.1, -0.05) is 24.3 Å². The van der Waals surface area contributed by atoms with E-state index >= 15 is 0 Å². The summed E-state index contributed by atoms with van der Waals surface area (Å²) in [7, 11) is 0. The largest absolute Gasteiger partial charge is 0.478 e. The van der Waals surface area contributed by atoms with E-state index in [1.807, 2.05) is 54.9 Å². The van der Waals surface area contributed by atoms with Crippen LogP contribution in [0.25, 0.3) is 32.6 Å². The van der Waals surface area contributed by atoms with Crippen molar-refractivity contribution in [3.8, 4) is 22.4 Å². The van der Waals surface area contributed by atoms with Crippen molar-refractivity contribution < 1.29 is 9.90 Å². The molecule has 1 atom stereocenters. The fraction of sp³-hybridized carbons (Fsp3) is 0.115. The molecule has 34 heavy (non-hydrogen) atoms. The highest BCUT2D eigenvalue weighted by Crippen LogP contribution is 2.29. The number of nitrogens with zero attached hydrogens (tertiary/aromatic N) is 4. The molecular formula is C26H21N5O2S. The number of carboxylic acids is 1. The molecule has 0 amide bonds. The zero-order valence-electron chi connectivity index (χ0n) is 18.6. The lowest BCUT2D eigenvalue weighted by Gasteiger charge is -2.17. The van der Waals surface area contributed by atoms with Crippen LogP contribution in [0.5, 0.6) is 0 Å². The van der Waals surface area contributed by atoms with Gasteiger partial charge in [0.05, 0.1) is 27.0 Å². The molecule has 0 bridgehead atoms. The summed E-state index contributed by atoms with van der Waals surface area (Å²) < 4.78 is 1.12. The quantitative estimate of drug-likeness (QED) is 0.316. The highest BCUT2D eigenvalue weighted by atomic mass is 32.1. The van der Waals surface area contributed by atoms with Gasteiger partial charge >= 0.3 is 5.97 Å². The molecule has 5 aromatic rings. The summed E-state index contributed by atoms with van der Waals surface area (Å²) in [4.78, 5) is 28.9. The molecule has 0 saturated carbocycles. The van der Waals surface area contributed by atoms with Gasteiger partial charge in [0.25, 0.3) is 0 Å². The number of aromatic carboxylic acids is 1. The van der Waals surface area contributed by atoms with Gasteiger partial charge in [0.15, 0.2) is 0 Å². The van der Waals surface area contributed by atoms with Crippen LogP contribution in [-0.2, 0) is 0 Å². The van der Waals surface area contributed by atoms with Crippen molar-refractivity contribution in [2.24, 2.45) is 0 Å². The van der Waals surface area contributed by atoms with Crippen molar-refractivity contribution in [1.82, 2.24) is 19.9 Å². The number of pyridine rings is 1. The number of hydrogen-bond acceptors (Lipinski definition) is 7. The Morgan fingerprint density at radius 3 is 2.74 bits per heavy atom. The number of aryl methyl sites for hydroxylation is 1. The van der Waals surface area contributed by atoms with E-state index in [1.54, 1.807) is 23.6 Å². The van der Waals surface area contributed by atoms with Crippen LogP contribution in [0.3, 0.4) is 0 Å². The van der Waals surface area contributed by atoms with Crippen LogP contribution in [0.15, 0.2) is 72.5 Å². The third kappa shape index (κ3) is 4.49. The van der Waals surface area contributed by atoms with Crippen LogP contribution in [-0.4, -0.2) is 31.0 Å². The van der Waals surface area contributed by atoms with Crippen LogP contribution in [0.1, 0.15) is 34.7 Å². The molecule has 0 aliphatic carbocycles. The second-order valence-corrected chi connectivity index (χ2v) is 8.87. The van der Waals surface area contributed by atoms with E-state index in [0.29, 0.717) is 5.82 Å². The molecule has 7 nitrogen and oxygen atoms in total. The number of benzene rings is 2. The van der Waals surface area contributed by atoms with E-state index in [1.165, 1.54) is 6.20 Å². The first-order chi connectivity index (χ1) is 16.5. The topological polar surface area (TPSA) is 101 Å². The van der Waals surface area contributed by atoms with E-state index in [4.69, 9.17) is 0 Å². The molecule has 3 heterocycles. The van der Waals surface area contributed by atoms with E-state index in [2.05, 4.69) is 38.2 Å². The van der Waals surface area contributed by atoms with Crippen molar-refractivity contribution >= 4 is 33.3 Å². The number of anilines is 1. The minimum atomic E-state index is -0.995. The van der Waals surface area contributed by atoms with Crippen LogP contribution in [0, 0.1) is 6.92 Å². The van der Waals surface area contributed by atoms with Crippen molar-refractivity contribution in [3.05, 3.63) is 89.5 Å². The summed E-state index contributed by atoms with van der Waals surface area (Å²) >= 11 is 1.61. The number of aromatic nitrogens is 4. The zero-order chi connectivity index (χ0) is 23.7. The van der Waals surface area contributed by atoms with Crippen LogP contribution in [0.4, 0.5) is 5.82 Å². The Labute approximate surface area is 200 Å². The normalized spacial score (nSPS) is 11.9. The van der Waals surface area contributed by atoms with Crippen molar-refractivity contribution in [2.75, 3.05) is 5.32 Å². The lowest BCUT2D eigenvalue weighted by atomic mass is 10.0. The van der Waals surface area contributed by atoms with Gasteiger partial charge < -0.3 is 10.4 Å². The molecule has 2 aromatic carbocycles. The molecule has 2 N–H and O–H groups in total. The Hall–Kier alpha value is -4.17. The minimum Gasteiger partial charge on any atom is -0.478 e. The van der Waals surface area contributed by atoms with Gasteiger partial charge in [0, 0.05) is 35.6 Å². The van der Waals surface area contributed by atoms with Crippen LogP contribution >= 0.6 is 11.3 Å². The standard InChI is InChI=1S/C26H21N5O2S/c1-15(17-4-3-5-18(8-17)20-9-21(26(32)33)13-27-12-20)29-25-11-23(30-16(2)31-25)19-6-7-22-24(10-19)34-14-28-22/h3-15H,1-2H3,(H,32,33)(H,29,30,31). The lowest BCUT2D eigenvalue weighted by molar-refractivity contribution is 0.0696. The molecule has 168 valence electrons. The summed E-state index contributed by atoms with van der Waals surface area (Å²) in [6.45, 7) is 3.94. The Morgan fingerprint density at radius 2 is 1.88 bits per heavy atom. The number of carboxylic acid groups (broad SMARTS) is 1. The van der Waals surface area contributed by atoms with Crippen molar-refractivity contribution in [1.29, 1.82) is 0 Å². The molecule has 0 spiro atoms. The minimum absolute atomic E-state index is 0.0401. The Balaban J connectivity index is 1.41. The average Bonchev–Trinajstić information content (AvgIpc) is 3.32. The third-order valence-electron chi connectivity index (χ3n) is 5.53. The molecule has 5 rings (SSSR count). The molecule has 0 aliphatic heterocycles. The highest BCUT2D eigenvalue weighted by molar-refractivity contribution is 7.16. The maximum absolute atomic E-state index is 11.3. The van der Waals surface area contributed by atoms with Crippen molar-refractivity contribution in [3.63, 3.8) is 0 Å². The molecule has 8 heteroatoms. The molecule has 0 saturated heterocycles. The lowest BCUT2D eigenvalue weighted by Crippen LogP contribution is -2.09. The first kappa shape index (κ1) is 21.7. The fourth-order valence-corrected chi connectivity index (χ4v) is 4.53. The van der Waals surface area contributed by atoms with Gasteiger partial charge in [-0.05, 0) is 49.2 Å². The van der Waals surface area contributed by atoms with Crippen LogP contribution < -0.4 is 5.32 Å². The Kier molecular flexibility index (Phi) is 5.73. The summed E-state index contributed by atoms with van der Waals surface area (Å²) in [5.41, 5.74) is 7.56. The summed E-state index contributed by atoms with van der Waals surface area (Å²) in [5, 5.41) is 12.7. The number of rotatable bonds is 6. The second-order valence-electron chi connectivity index (χ2n) is 7.98. The predicted octanol–water partition coefficient (Wildman–Crippen LogP) is 6.00. The number of hydrogen-bond donors (Lipinski definition) is 2. The molecule has 0 aliphatic rings. The van der Waals surface area contributed by atoms with Crippen molar-refractivity contribution in [2.45, 2.75) is 19.9 Å². The summed E-state index contributed by atoms with van der Waals surface area (Å²) in [6, 6.07) is 17.6. The zero-order valence-corrected chi connectivity index (χ0v) is 19.4. The maximum atomic E-state index is 11.3. The molecular weight excluding hydrogens is 446 g/mol. The van der Waals surface area contributed by atoms with Gasteiger partial charge in [0.2, 0.25) is 0 Å². The number of carbonyl (C=O) groups is 1. The number of fused-ring (bicyclic) bond motifs is 1. The van der Waals surface area contributed by atoms with Gasteiger partial charge in [-0.2, -0.15) is 0 Å². The van der Waals surface area contributed by atoms with E-state index in [0.717, 1.165) is 44.0 Å². The second kappa shape index (κ2) is 8.99. The molecule has 0 radical (unpaired) electrons. The molecule has 0 fully saturated rings. The summed E-state index contributed by atoms with van der Waals surface area (Å²) in [5.74, 6) is 0.422. The fourth-order valence-electron chi connectivity index (χ4n) is 3.81. The molecule has 1 unspecified atom stereocenters. The monoisotopic (exact) mass is 467 g/mol. The maximum Gasteiger partial charge on any atom is 0.337 e. The first-order valence-electron chi connectivity index (χ1n) is 10.7. The Bertz CT molecular complexity index is 1510. The van der Waals surface area contributed by atoms with E-state index in [9.17, 15) is 9.90 Å². The molecule has 3 aromatic heterocycles. The summed E-state index contributed by atoms with van der Waals surface area (Å²) in [6.07, 6.45) is 3.02.